The van der Waals surface area contributed by atoms with Crippen molar-refractivity contribution in [2.24, 2.45) is 0 Å². The minimum absolute atomic E-state index is 0.0411. The number of aryl methyl sites for hydroxylation is 1. The zero-order valence-corrected chi connectivity index (χ0v) is 9.31. The van der Waals surface area contributed by atoms with Crippen molar-refractivity contribution >= 4 is 21.9 Å². The Labute approximate surface area is 84.9 Å². The number of carbonyl (C=O) groups is 1. The summed E-state index contributed by atoms with van der Waals surface area (Å²) in [6.07, 6.45) is 0. The Morgan fingerprint density at radius 2 is 2.08 bits per heavy atom. The van der Waals surface area contributed by atoms with Gasteiger partial charge >= 0.3 is 5.97 Å². The first-order valence-electron chi connectivity index (χ1n) is 3.97. The Morgan fingerprint density at radius 1 is 1.54 bits per heavy atom. The summed E-state index contributed by atoms with van der Waals surface area (Å²) < 4.78 is 5.89. The third-order valence-corrected chi connectivity index (χ3v) is 2.80. The molecule has 1 aromatic rings. The Hall–Kier alpha value is -0.770. The summed E-state index contributed by atoms with van der Waals surface area (Å²) >= 11 is 3.31. The van der Waals surface area contributed by atoms with Crippen molar-refractivity contribution in [3.05, 3.63) is 21.6 Å². The predicted octanol–water partition coefficient (Wildman–Crippen LogP) is 3.17. The molecule has 0 atom stereocenters. The number of furan rings is 1. The molecule has 0 spiro atoms. The minimum atomic E-state index is -1.02. The number of hydrogen-bond acceptors (Lipinski definition) is 2. The summed E-state index contributed by atoms with van der Waals surface area (Å²) in [5.41, 5.74) is 0.727. The lowest BCUT2D eigenvalue weighted by molar-refractivity contribution is 0.0658. The first-order valence-corrected chi connectivity index (χ1v) is 4.76. The fraction of sp³-hybridized carbons (Fsp3) is 0.444. The van der Waals surface area contributed by atoms with Gasteiger partial charge in [0.25, 0.3) is 0 Å². The molecule has 0 amide bonds. The molecule has 0 aliphatic rings. The molecule has 3 nitrogen and oxygen atoms in total. The van der Waals surface area contributed by atoms with E-state index >= 15 is 0 Å². The van der Waals surface area contributed by atoms with Crippen LogP contribution < -0.4 is 0 Å². The predicted molar refractivity (Wildman–Crippen MR) is 52.2 cm³/mol. The maximum atomic E-state index is 10.8. The summed E-state index contributed by atoms with van der Waals surface area (Å²) in [7, 11) is 0. The van der Waals surface area contributed by atoms with Crippen molar-refractivity contribution in [3.8, 4) is 0 Å². The Balaban J connectivity index is 3.35. The molecular weight excluding hydrogens is 236 g/mol. The van der Waals surface area contributed by atoms with E-state index in [1.165, 1.54) is 0 Å². The van der Waals surface area contributed by atoms with Crippen molar-refractivity contribution in [3.63, 3.8) is 0 Å². The van der Waals surface area contributed by atoms with Gasteiger partial charge < -0.3 is 9.52 Å². The minimum Gasteiger partial charge on any atom is -0.475 e. The summed E-state index contributed by atoms with van der Waals surface area (Å²) in [6, 6.07) is 0. The molecule has 0 saturated carbocycles. The monoisotopic (exact) mass is 246 g/mol. The number of aromatic carboxylic acids is 1. The second-order valence-electron chi connectivity index (χ2n) is 3.17. The van der Waals surface area contributed by atoms with Crippen molar-refractivity contribution in [2.75, 3.05) is 0 Å². The van der Waals surface area contributed by atoms with E-state index in [9.17, 15) is 4.79 Å². The molecule has 0 radical (unpaired) electrons. The van der Waals surface area contributed by atoms with Crippen LogP contribution in [0.15, 0.2) is 8.89 Å². The quantitative estimate of drug-likeness (QED) is 0.873. The van der Waals surface area contributed by atoms with Crippen LogP contribution in [-0.4, -0.2) is 11.1 Å². The van der Waals surface area contributed by atoms with Crippen LogP contribution in [0.25, 0.3) is 0 Å². The lowest BCUT2D eigenvalue weighted by atomic mass is 10.0. The molecule has 0 saturated heterocycles. The molecular formula is C9H11BrO3. The molecule has 0 aromatic carbocycles. The zero-order valence-electron chi connectivity index (χ0n) is 7.72. The van der Waals surface area contributed by atoms with Gasteiger partial charge in [0.05, 0.1) is 4.47 Å². The maximum absolute atomic E-state index is 10.8. The summed E-state index contributed by atoms with van der Waals surface area (Å²) in [5, 5.41) is 8.84. The second kappa shape index (κ2) is 3.54. The van der Waals surface area contributed by atoms with Crippen LogP contribution in [0.2, 0.25) is 0 Å². The molecule has 0 bridgehead atoms. The van der Waals surface area contributed by atoms with Crippen LogP contribution in [0, 0.1) is 6.92 Å². The van der Waals surface area contributed by atoms with Gasteiger partial charge in [0, 0.05) is 5.56 Å². The SMILES string of the molecule is Cc1oc(C(=O)O)c(C(C)C)c1Br. The largest absolute Gasteiger partial charge is 0.475 e. The third kappa shape index (κ3) is 1.77. The summed E-state index contributed by atoms with van der Waals surface area (Å²) in [4.78, 5) is 10.8. The molecule has 0 unspecified atom stereocenters. The number of hydrogen-bond donors (Lipinski definition) is 1. The molecule has 4 heteroatoms. The van der Waals surface area contributed by atoms with Gasteiger partial charge in [-0.2, -0.15) is 0 Å². The number of halogens is 1. The normalized spacial score (nSPS) is 10.8. The van der Waals surface area contributed by atoms with E-state index in [-0.39, 0.29) is 11.7 Å². The molecule has 1 aromatic heterocycles. The molecule has 0 aliphatic carbocycles. The van der Waals surface area contributed by atoms with Gasteiger partial charge in [-0.15, -0.1) is 0 Å². The Kier molecular flexibility index (Phi) is 2.81. The lowest BCUT2D eigenvalue weighted by Crippen LogP contribution is -2.00. The highest BCUT2D eigenvalue weighted by molar-refractivity contribution is 9.10. The number of carboxylic acid groups (broad SMARTS) is 1. The number of carboxylic acids is 1. The van der Waals surface area contributed by atoms with E-state index in [4.69, 9.17) is 9.52 Å². The van der Waals surface area contributed by atoms with Crippen LogP contribution in [0.3, 0.4) is 0 Å². The van der Waals surface area contributed by atoms with Gasteiger partial charge in [-0.05, 0) is 28.8 Å². The van der Waals surface area contributed by atoms with Crippen LogP contribution in [-0.2, 0) is 0 Å². The van der Waals surface area contributed by atoms with Crippen molar-refractivity contribution < 1.29 is 14.3 Å². The lowest BCUT2D eigenvalue weighted by Gasteiger charge is -2.02. The smallest absolute Gasteiger partial charge is 0.372 e. The highest BCUT2D eigenvalue weighted by atomic mass is 79.9. The standard InChI is InChI=1S/C9H11BrO3/c1-4(2)6-7(10)5(3)13-8(6)9(11)12/h4H,1-3H3,(H,11,12). The van der Waals surface area contributed by atoms with Gasteiger partial charge in [-0.3, -0.25) is 0 Å². The van der Waals surface area contributed by atoms with Crippen molar-refractivity contribution in [1.29, 1.82) is 0 Å². The molecule has 1 N–H and O–H groups in total. The fourth-order valence-electron chi connectivity index (χ4n) is 1.22. The average molecular weight is 247 g/mol. The van der Waals surface area contributed by atoms with Crippen LogP contribution in [0.5, 0.6) is 0 Å². The topological polar surface area (TPSA) is 50.4 Å². The first-order chi connectivity index (χ1) is 5.95. The van der Waals surface area contributed by atoms with E-state index in [1.54, 1.807) is 6.92 Å². The van der Waals surface area contributed by atoms with Gasteiger partial charge in [0.1, 0.15) is 5.76 Å². The van der Waals surface area contributed by atoms with Crippen molar-refractivity contribution in [1.82, 2.24) is 0 Å². The van der Waals surface area contributed by atoms with E-state index < -0.39 is 5.97 Å². The number of rotatable bonds is 2. The van der Waals surface area contributed by atoms with Gasteiger partial charge in [-0.25, -0.2) is 4.79 Å². The zero-order chi connectivity index (χ0) is 10.2. The van der Waals surface area contributed by atoms with Gasteiger partial charge in [0.2, 0.25) is 5.76 Å². The Bertz CT molecular complexity index is 339. The summed E-state index contributed by atoms with van der Waals surface area (Å²) in [6.45, 7) is 5.60. The van der Waals surface area contributed by atoms with Crippen LogP contribution in [0.4, 0.5) is 0 Å². The Morgan fingerprint density at radius 3 is 2.38 bits per heavy atom. The van der Waals surface area contributed by atoms with Crippen molar-refractivity contribution in [2.45, 2.75) is 26.7 Å². The molecule has 72 valence electrons. The fourth-order valence-corrected chi connectivity index (χ4v) is 1.94. The van der Waals surface area contributed by atoms with E-state index in [1.807, 2.05) is 13.8 Å². The molecule has 1 heterocycles. The third-order valence-electron chi connectivity index (χ3n) is 1.82. The molecule has 1 rings (SSSR count). The highest BCUT2D eigenvalue weighted by Crippen LogP contribution is 2.33. The average Bonchev–Trinajstić information content (AvgIpc) is 2.28. The molecule has 0 fully saturated rings. The van der Waals surface area contributed by atoms with Gasteiger partial charge in [-0.1, -0.05) is 13.8 Å². The van der Waals surface area contributed by atoms with E-state index in [0.29, 0.717) is 5.76 Å². The molecule has 13 heavy (non-hydrogen) atoms. The van der Waals surface area contributed by atoms with E-state index in [2.05, 4.69) is 15.9 Å². The maximum Gasteiger partial charge on any atom is 0.372 e. The first kappa shape index (κ1) is 10.3. The summed E-state index contributed by atoms with van der Waals surface area (Å²) in [5.74, 6) is -0.226. The van der Waals surface area contributed by atoms with Gasteiger partial charge in [0.15, 0.2) is 0 Å². The second-order valence-corrected chi connectivity index (χ2v) is 3.97. The van der Waals surface area contributed by atoms with Crippen LogP contribution in [0.1, 0.15) is 41.6 Å². The van der Waals surface area contributed by atoms with E-state index in [0.717, 1.165) is 10.0 Å². The molecule has 0 aliphatic heterocycles. The van der Waals surface area contributed by atoms with Crippen LogP contribution >= 0.6 is 15.9 Å². The highest BCUT2D eigenvalue weighted by Gasteiger charge is 2.23.